The first-order valence-electron chi connectivity index (χ1n) is 9.56. The molecule has 2 N–H and O–H groups in total. The molecule has 1 aliphatic rings. The number of benzene rings is 1. The molecule has 1 amide bonds. The van der Waals surface area contributed by atoms with Gasteiger partial charge < -0.3 is 14.9 Å². The second-order valence-electron chi connectivity index (χ2n) is 7.19. The van der Waals surface area contributed by atoms with Gasteiger partial charge in [-0.15, -0.1) is 10.2 Å². The van der Waals surface area contributed by atoms with Gasteiger partial charge in [-0.3, -0.25) is 4.79 Å². The van der Waals surface area contributed by atoms with Crippen LogP contribution < -0.4 is 5.32 Å². The van der Waals surface area contributed by atoms with Crippen LogP contribution in [0.4, 0.5) is 4.39 Å². The van der Waals surface area contributed by atoms with Crippen molar-refractivity contribution < 1.29 is 9.18 Å². The number of amides is 1. The van der Waals surface area contributed by atoms with E-state index in [1.165, 1.54) is 25.0 Å². The fraction of sp³-hybridized carbons (Fsp3) is 0.450. The Morgan fingerprint density at radius 2 is 2.19 bits per heavy atom. The first kappa shape index (κ1) is 17.7. The summed E-state index contributed by atoms with van der Waals surface area (Å²) in [4.78, 5) is 15.6. The zero-order valence-corrected chi connectivity index (χ0v) is 15.5. The molecular weight excluding hydrogens is 345 g/mol. The molecule has 0 spiro atoms. The van der Waals surface area contributed by atoms with Crippen LogP contribution in [0.3, 0.4) is 0 Å². The third kappa shape index (κ3) is 3.72. The molecule has 0 saturated heterocycles. The summed E-state index contributed by atoms with van der Waals surface area (Å²) in [6.45, 7) is 3.39. The molecule has 6 nitrogen and oxygen atoms in total. The van der Waals surface area contributed by atoms with Crippen molar-refractivity contribution in [2.45, 2.75) is 52.0 Å². The van der Waals surface area contributed by atoms with Gasteiger partial charge in [0.05, 0.1) is 6.42 Å². The van der Waals surface area contributed by atoms with Gasteiger partial charge in [-0.05, 0) is 43.5 Å². The number of carbonyl (C=O) groups is 1. The second-order valence-corrected chi connectivity index (χ2v) is 7.19. The largest absolute Gasteiger partial charge is 0.358 e. The molecule has 4 rings (SSSR count). The highest BCUT2D eigenvalue weighted by Gasteiger charge is 2.16. The number of fused-ring (bicyclic) bond motifs is 2. The predicted molar refractivity (Wildman–Crippen MR) is 101 cm³/mol. The first-order chi connectivity index (χ1) is 13.1. The monoisotopic (exact) mass is 369 g/mol. The third-order valence-electron chi connectivity index (χ3n) is 5.28. The van der Waals surface area contributed by atoms with Crippen LogP contribution in [0.25, 0.3) is 10.9 Å². The van der Waals surface area contributed by atoms with Gasteiger partial charge in [0.15, 0.2) is 0 Å². The number of hydrogen-bond donors (Lipinski definition) is 2. The fourth-order valence-corrected chi connectivity index (χ4v) is 3.85. The summed E-state index contributed by atoms with van der Waals surface area (Å²) in [5.74, 6) is 1.64. The molecule has 0 aliphatic carbocycles. The summed E-state index contributed by atoms with van der Waals surface area (Å²) < 4.78 is 15.8. The Morgan fingerprint density at radius 3 is 3.07 bits per heavy atom. The molecule has 0 unspecified atom stereocenters. The van der Waals surface area contributed by atoms with Crippen LogP contribution in [0.2, 0.25) is 0 Å². The van der Waals surface area contributed by atoms with E-state index >= 15 is 0 Å². The van der Waals surface area contributed by atoms with E-state index in [9.17, 15) is 9.18 Å². The lowest BCUT2D eigenvalue weighted by molar-refractivity contribution is -0.120. The summed E-state index contributed by atoms with van der Waals surface area (Å²) in [6, 6.07) is 4.60. The minimum atomic E-state index is -0.296. The molecular formula is C20H24FN5O. The lowest BCUT2D eigenvalue weighted by Gasteiger charge is -2.08. The van der Waals surface area contributed by atoms with E-state index in [0.29, 0.717) is 13.0 Å². The summed E-state index contributed by atoms with van der Waals surface area (Å²) in [6.07, 6.45) is 5.42. The summed E-state index contributed by atoms with van der Waals surface area (Å²) in [5.41, 5.74) is 2.59. The summed E-state index contributed by atoms with van der Waals surface area (Å²) in [5, 5.41) is 12.3. The average molecular weight is 369 g/mol. The number of aromatic amines is 1. The van der Waals surface area contributed by atoms with Gasteiger partial charge in [-0.1, -0.05) is 6.42 Å². The average Bonchev–Trinajstić information content (AvgIpc) is 3.06. The normalized spacial score (nSPS) is 14.1. The van der Waals surface area contributed by atoms with Gasteiger partial charge in [0, 0.05) is 42.5 Å². The standard InChI is InChI=1S/C20H24FN5O/c1-13-15(16-11-14(21)6-7-17(16)23-13)12-20(27)22-9-8-19-25-24-18-5-3-2-4-10-26(18)19/h6-7,11,23H,2-5,8-10,12H2,1H3,(H,22,27). The van der Waals surface area contributed by atoms with Gasteiger partial charge >= 0.3 is 0 Å². The zero-order chi connectivity index (χ0) is 18.8. The Bertz CT molecular complexity index is 974. The van der Waals surface area contributed by atoms with E-state index in [4.69, 9.17) is 0 Å². The maximum atomic E-state index is 13.6. The number of carbonyl (C=O) groups excluding carboxylic acids is 1. The maximum Gasteiger partial charge on any atom is 0.224 e. The Labute approximate surface area is 157 Å². The Balaban J connectivity index is 1.38. The highest BCUT2D eigenvalue weighted by atomic mass is 19.1. The minimum Gasteiger partial charge on any atom is -0.358 e. The molecule has 0 atom stereocenters. The van der Waals surface area contributed by atoms with Crippen molar-refractivity contribution in [2.24, 2.45) is 0 Å². The molecule has 0 saturated carbocycles. The Morgan fingerprint density at radius 1 is 1.30 bits per heavy atom. The van der Waals surface area contributed by atoms with Gasteiger partial charge in [0.1, 0.15) is 17.5 Å². The molecule has 0 radical (unpaired) electrons. The number of aromatic nitrogens is 4. The quantitative estimate of drug-likeness (QED) is 0.726. The number of hydrogen-bond acceptors (Lipinski definition) is 3. The van der Waals surface area contributed by atoms with Crippen molar-refractivity contribution in [3.8, 4) is 0 Å². The van der Waals surface area contributed by atoms with Crippen LogP contribution >= 0.6 is 0 Å². The molecule has 1 aliphatic heterocycles. The molecule has 7 heteroatoms. The van der Waals surface area contributed by atoms with Gasteiger partial charge in [-0.25, -0.2) is 4.39 Å². The highest BCUT2D eigenvalue weighted by Crippen LogP contribution is 2.23. The minimum absolute atomic E-state index is 0.0705. The van der Waals surface area contributed by atoms with Crippen molar-refractivity contribution in [1.82, 2.24) is 25.1 Å². The van der Waals surface area contributed by atoms with Crippen LogP contribution in [0.1, 0.15) is 42.2 Å². The van der Waals surface area contributed by atoms with E-state index in [0.717, 1.165) is 53.2 Å². The van der Waals surface area contributed by atoms with Crippen LogP contribution in [-0.4, -0.2) is 32.2 Å². The number of rotatable bonds is 5. The van der Waals surface area contributed by atoms with Crippen molar-refractivity contribution >= 4 is 16.8 Å². The highest BCUT2D eigenvalue weighted by molar-refractivity contribution is 5.90. The maximum absolute atomic E-state index is 13.6. The van der Waals surface area contributed by atoms with Gasteiger partial charge in [0.25, 0.3) is 0 Å². The number of aryl methyl sites for hydroxylation is 2. The van der Waals surface area contributed by atoms with Crippen LogP contribution in [0.5, 0.6) is 0 Å². The summed E-state index contributed by atoms with van der Waals surface area (Å²) >= 11 is 0. The first-order valence-corrected chi connectivity index (χ1v) is 9.56. The van der Waals surface area contributed by atoms with Crippen molar-refractivity contribution in [2.75, 3.05) is 6.54 Å². The topological polar surface area (TPSA) is 75.6 Å². The number of nitrogens with one attached hydrogen (secondary N) is 2. The van der Waals surface area contributed by atoms with Crippen molar-refractivity contribution in [1.29, 1.82) is 0 Å². The molecule has 1 aromatic carbocycles. The molecule has 142 valence electrons. The second kappa shape index (κ2) is 7.50. The molecule has 0 fully saturated rings. The van der Waals surface area contributed by atoms with E-state index in [1.807, 2.05) is 6.92 Å². The summed E-state index contributed by atoms with van der Waals surface area (Å²) in [7, 11) is 0. The van der Waals surface area contributed by atoms with E-state index in [-0.39, 0.29) is 18.1 Å². The van der Waals surface area contributed by atoms with E-state index in [2.05, 4.69) is 25.1 Å². The SMILES string of the molecule is Cc1[nH]c2ccc(F)cc2c1CC(=O)NCCc1nnc2n1CCCCC2. The fourth-order valence-electron chi connectivity index (χ4n) is 3.85. The molecule has 3 heterocycles. The molecule has 3 aromatic rings. The Hall–Kier alpha value is -2.70. The molecule has 0 bridgehead atoms. The van der Waals surface area contributed by atoms with Crippen LogP contribution in [-0.2, 0) is 30.6 Å². The van der Waals surface area contributed by atoms with Crippen LogP contribution in [0, 0.1) is 12.7 Å². The smallest absolute Gasteiger partial charge is 0.224 e. The van der Waals surface area contributed by atoms with Gasteiger partial charge in [-0.2, -0.15) is 0 Å². The van der Waals surface area contributed by atoms with E-state index < -0.39 is 0 Å². The third-order valence-corrected chi connectivity index (χ3v) is 5.28. The lowest BCUT2D eigenvalue weighted by Crippen LogP contribution is -2.28. The van der Waals surface area contributed by atoms with E-state index in [1.54, 1.807) is 6.07 Å². The molecule has 27 heavy (non-hydrogen) atoms. The number of halogens is 1. The van der Waals surface area contributed by atoms with Crippen molar-refractivity contribution in [3.63, 3.8) is 0 Å². The van der Waals surface area contributed by atoms with Crippen LogP contribution in [0.15, 0.2) is 18.2 Å². The molecule has 2 aromatic heterocycles. The Kier molecular flexibility index (Phi) is 4.92. The van der Waals surface area contributed by atoms with Crippen molar-refractivity contribution in [3.05, 3.63) is 46.9 Å². The number of nitrogens with zero attached hydrogens (tertiary/aromatic N) is 3. The zero-order valence-electron chi connectivity index (χ0n) is 15.5. The lowest BCUT2D eigenvalue weighted by atomic mass is 10.1. The predicted octanol–water partition coefficient (Wildman–Crippen LogP) is 2.83. The number of H-pyrrole nitrogens is 1. The van der Waals surface area contributed by atoms with Gasteiger partial charge in [0.2, 0.25) is 5.91 Å².